The van der Waals surface area contributed by atoms with Gasteiger partial charge < -0.3 is 20.7 Å². The molecule has 2 unspecified atom stereocenters. The summed E-state index contributed by atoms with van der Waals surface area (Å²) in [7, 11) is 0. The minimum absolute atomic E-state index is 0.00947. The summed E-state index contributed by atoms with van der Waals surface area (Å²) in [5.74, 6) is -0.246. The minimum atomic E-state index is -0.562. The number of halogens is 1. The Morgan fingerprint density at radius 2 is 1.93 bits per heavy atom. The summed E-state index contributed by atoms with van der Waals surface area (Å²) < 4.78 is 5.49. The van der Waals surface area contributed by atoms with Crippen LogP contribution in [-0.2, 0) is 14.4 Å². The van der Waals surface area contributed by atoms with Crippen LogP contribution < -0.4 is 20.7 Å². The lowest BCUT2D eigenvalue weighted by molar-refractivity contribution is -0.122. The van der Waals surface area contributed by atoms with Crippen molar-refractivity contribution in [2.75, 3.05) is 16.0 Å². The van der Waals surface area contributed by atoms with Crippen molar-refractivity contribution in [1.29, 1.82) is 0 Å². The fraction of sp³-hybridized carbons (Fsp3) is 0.211. The number of carbonyl (C=O) groups excluding carboxylic acids is 3. The standard InChI is InChI=1S/C19H16ClN3O4S/c1-9-18(25)22-12-7-11(3-4-14(12)27-9)21-17(24)8-16-19(26)23-13-6-10(20)2-5-15(13)28-16/h2-7,9,16H,8H2,1H3,(H,21,24)(H,22,25)(H,23,26). The highest BCUT2D eigenvalue weighted by atomic mass is 35.5. The molecule has 0 fully saturated rings. The second-order valence-corrected chi connectivity index (χ2v) is 8.13. The van der Waals surface area contributed by atoms with Gasteiger partial charge in [0, 0.05) is 22.0 Å². The Morgan fingerprint density at radius 3 is 2.75 bits per heavy atom. The van der Waals surface area contributed by atoms with Crippen LogP contribution in [-0.4, -0.2) is 29.1 Å². The Labute approximate surface area is 170 Å². The molecule has 0 spiro atoms. The molecule has 0 saturated carbocycles. The van der Waals surface area contributed by atoms with Crippen molar-refractivity contribution in [3.8, 4) is 5.75 Å². The molecule has 2 aromatic carbocycles. The first-order valence-electron chi connectivity index (χ1n) is 8.57. The minimum Gasteiger partial charge on any atom is -0.479 e. The average molecular weight is 418 g/mol. The zero-order valence-corrected chi connectivity index (χ0v) is 16.3. The van der Waals surface area contributed by atoms with Gasteiger partial charge in [0.1, 0.15) is 5.75 Å². The lowest BCUT2D eigenvalue weighted by Gasteiger charge is -2.24. The predicted molar refractivity (Wildman–Crippen MR) is 108 cm³/mol. The van der Waals surface area contributed by atoms with Crippen LogP contribution in [0.15, 0.2) is 41.3 Å². The van der Waals surface area contributed by atoms with Crippen molar-refractivity contribution in [2.24, 2.45) is 0 Å². The summed E-state index contributed by atoms with van der Waals surface area (Å²) >= 11 is 7.27. The van der Waals surface area contributed by atoms with E-state index in [-0.39, 0.29) is 24.1 Å². The van der Waals surface area contributed by atoms with Gasteiger partial charge in [-0.1, -0.05) is 11.6 Å². The number of hydrogen-bond donors (Lipinski definition) is 3. The number of ether oxygens (including phenoxy) is 1. The molecule has 2 heterocycles. The second kappa shape index (κ2) is 7.37. The van der Waals surface area contributed by atoms with Gasteiger partial charge in [-0.15, -0.1) is 11.8 Å². The van der Waals surface area contributed by atoms with Crippen molar-refractivity contribution in [2.45, 2.75) is 29.6 Å². The number of amides is 3. The smallest absolute Gasteiger partial charge is 0.265 e. The molecule has 0 aliphatic carbocycles. The molecular formula is C19H16ClN3O4S. The number of benzene rings is 2. The van der Waals surface area contributed by atoms with Crippen molar-refractivity contribution < 1.29 is 19.1 Å². The van der Waals surface area contributed by atoms with Crippen LogP contribution in [0.3, 0.4) is 0 Å². The molecule has 0 bridgehead atoms. The molecular weight excluding hydrogens is 402 g/mol. The molecule has 28 heavy (non-hydrogen) atoms. The molecule has 144 valence electrons. The molecule has 4 rings (SSSR count). The number of nitrogens with one attached hydrogen (secondary N) is 3. The van der Waals surface area contributed by atoms with Crippen LogP contribution in [0.25, 0.3) is 0 Å². The van der Waals surface area contributed by atoms with E-state index in [2.05, 4.69) is 16.0 Å². The molecule has 7 nitrogen and oxygen atoms in total. The highest BCUT2D eigenvalue weighted by molar-refractivity contribution is 8.01. The predicted octanol–water partition coefficient (Wildman–Crippen LogP) is 3.50. The summed E-state index contributed by atoms with van der Waals surface area (Å²) in [6, 6.07) is 10.2. The first kappa shape index (κ1) is 18.6. The molecule has 2 atom stereocenters. The van der Waals surface area contributed by atoms with E-state index in [0.717, 1.165) is 4.90 Å². The summed E-state index contributed by atoms with van der Waals surface area (Å²) in [5, 5.41) is 8.26. The molecule has 2 aromatic rings. The fourth-order valence-corrected chi connectivity index (χ4v) is 4.19. The van der Waals surface area contributed by atoms with Crippen LogP contribution in [0.5, 0.6) is 5.75 Å². The Morgan fingerprint density at radius 1 is 1.14 bits per heavy atom. The Bertz CT molecular complexity index is 997. The van der Waals surface area contributed by atoms with E-state index in [4.69, 9.17) is 16.3 Å². The highest BCUT2D eigenvalue weighted by Crippen LogP contribution is 2.38. The van der Waals surface area contributed by atoms with Crippen LogP contribution in [0.2, 0.25) is 5.02 Å². The maximum atomic E-state index is 12.4. The quantitative estimate of drug-likeness (QED) is 0.710. The maximum Gasteiger partial charge on any atom is 0.265 e. The van der Waals surface area contributed by atoms with Gasteiger partial charge in [0.15, 0.2) is 6.10 Å². The summed E-state index contributed by atoms with van der Waals surface area (Å²) in [6.45, 7) is 1.66. The highest BCUT2D eigenvalue weighted by Gasteiger charge is 2.29. The third kappa shape index (κ3) is 3.79. The van der Waals surface area contributed by atoms with Crippen molar-refractivity contribution in [3.63, 3.8) is 0 Å². The fourth-order valence-electron chi connectivity index (χ4n) is 2.92. The monoisotopic (exact) mass is 417 g/mol. The Hall–Kier alpha value is -2.71. The number of carbonyl (C=O) groups is 3. The second-order valence-electron chi connectivity index (χ2n) is 6.45. The van der Waals surface area contributed by atoms with E-state index in [1.54, 1.807) is 37.3 Å². The van der Waals surface area contributed by atoms with Crippen LogP contribution in [0.4, 0.5) is 17.1 Å². The van der Waals surface area contributed by atoms with Gasteiger partial charge in [0.25, 0.3) is 5.91 Å². The first-order valence-corrected chi connectivity index (χ1v) is 9.83. The van der Waals surface area contributed by atoms with E-state index in [1.165, 1.54) is 11.8 Å². The van der Waals surface area contributed by atoms with Crippen molar-refractivity contribution in [3.05, 3.63) is 41.4 Å². The lowest BCUT2D eigenvalue weighted by Crippen LogP contribution is -2.34. The normalized spacial score (nSPS) is 20.2. The van der Waals surface area contributed by atoms with Gasteiger partial charge in [0.2, 0.25) is 11.8 Å². The van der Waals surface area contributed by atoms with Gasteiger partial charge in [-0.05, 0) is 43.3 Å². The summed E-state index contributed by atoms with van der Waals surface area (Å²) in [4.78, 5) is 37.3. The largest absolute Gasteiger partial charge is 0.479 e. The molecule has 0 radical (unpaired) electrons. The van der Waals surface area contributed by atoms with E-state index >= 15 is 0 Å². The first-order chi connectivity index (χ1) is 13.4. The number of fused-ring (bicyclic) bond motifs is 2. The maximum absolute atomic E-state index is 12.4. The number of hydrogen-bond acceptors (Lipinski definition) is 5. The molecule has 0 aromatic heterocycles. The van der Waals surface area contributed by atoms with E-state index in [1.807, 2.05) is 6.07 Å². The zero-order chi connectivity index (χ0) is 19.8. The molecule has 2 aliphatic heterocycles. The molecule has 0 saturated heterocycles. The van der Waals surface area contributed by atoms with Gasteiger partial charge >= 0.3 is 0 Å². The van der Waals surface area contributed by atoms with Gasteiger partial charge in [-0.2, -0.15) is 0 Å². The van der Waals surface area contributed by atoms with E-state index < -0.39 is 11.4 Å². The van der Waals surface area contributed by atoms with Gasteiger partial charge in [0.05, 0.1) is 16.6 Å². The summed E-state index contributed by atoms with van der Waals surface area (Å²) in [5.41, 5.74) is 1.66. The third-order valence-corrected chi connectivity index (χ3v) is 5.84. The lowest BCUT2D eigenvalue weighted by atomic mass is 10.2. The van der Waals surface area contributed by atoms with Crippen LogP contribution >= 0.6 is 23.4 Å². The van der Waals surface area contributed by atoms with Crippen molar-refractivity contribution >= 4 is 58.1 Å². The van der Waals surface area contributed by atoms with E-state index in [0.29, 0.717) is 27.8 Å². The molecule has 3 amide bonds. The third-order valence-electron chi connectivity index (χ3n) is 4.33. The zero-order valence-electron chi connectivity index (χ0n) is 14.7. The summed E-state index contributed by atoms with van der Waals surface area (Å²) in [6.07, 6.45) is -0.553. The van der Waals surface area contributed by atoms with E-state index in [9.17, 15) is 14.4 Å². The number of rotatable bonds is 3. The number of thioether (sulfide) groups is 1. The Balaban J connectivity index is 1.42. The molecule has 3 N–H and O–H groups in total. The number of anilines is 3. The van der Waals surface area contributed by atoms with Crippen LogP contribution in [0.1, 0.15) is 13.3 Å². The SMILES string of the molecule is CC1Oc2ccc(NC(=O)CC3Sc4ccc(Cl)cc4NC3=O)cc2NC1=O. The van der Waals surface area contributed by atoms with Crippen LogP contribution in [0, 0.1) is 0 Å². The average Bonchev–Trinajstić information content (AvgIpc) is 2.64. The van der Waals surface area contributed by atoms with Gasteiger partial charge in [-0.25, -0.2) is 0 Å². The van der Waals surface area contributed by atoms with Gasteiger partial charge in [-0.3, -0.25) is 14.4 Å². The Kier molecular flexibility index (Phi) is 4.91. The topological polar surface area (TPSA) is 96.5 Å². The molecule has 9 heteroatoms. The van der Waals surface area contributed by atoms with Crippen molar-refractivity contribution in [1.82, 2.24) is 0 Å². The molecule has 2 aliphatic rings.